The van der Waals surface area contributed by atoms with Crippen LogP contribution in [0.15, 0.2) is 35.1 Å². The number of aryl methyl sites for hydroxylation is 1. The average Bonchev–Trinajstić information content (AvgIpc) is 3.20. The Bertz CT molecular complexity index is 991. The molecule has 1 aliphatic heterocycles. The molecule has 1 aromatic carbocycles. The van der Waals surface area contributed by atoms with Crippen LogP contribution in [0.25, 0.3) is 0 Å². The first kappa shape index (κ1) is 23.6. The van der Waals surface area contributed by atoms with Crippen LogP contribution in [0.1, 0.15) is 48.4 Å². The third kappa shape index (κ3) is 5.52. The Hall–Kier alpha value is -2.52. The van der Waals surface area contributed by atoms with Gasteiger partial charge in [-0.2, -0.15) is 0 Å². The van der Waals surface area contributed by atoms with Gasteiger partial charge in [-0.15, -0.1) is 0 Å². The Morgan fingerprint density at radius 1 is 1.18 bits per heavy atom. The normalized spacial score (nSPS) is 18.8. The fraction of sp³-hybridized carbons (Fsp3) is 0.500. The third-order valence-corrected chi connectivity index (χ3v) is 7.15. The van der Waals surface area contributed by atoms with E-state index in [4.69, 9.17) is 5.73 Å². The second kappa shape index (κ2) is 10.6. The standard InChI is InChI=1S/C24H31BrN6O2/c1-16-2-7-20-22(16)23(29-15-28-20)30-10-12-31(13-11-30)24(33)19(8-9-27-14-21(26)32)17-3-5-18(25)6-4-17/h3-6,15-16,19,27H,2,7-14H2,1H3,(H2,26,32)/t16-,19-/m1/s1. The van der Waals surface area contributed by atoms with E-state index in [0.717, 1.165) is 41.8 Å². The number of carbonyl (C=O) groups is 2. The summed E-state index contributed by atoms with van der Waals surface area (Å²) in [7, 11) is 0. The number of halogens is 1. The molecule has 2 heterocycles. The second-order valence-electron chi connectivity index (χ2n) is 8.85. The molecule has 2 aromatic rings. The summed E-state index contributed by atoms with van der Waals surface area (Å²) in [6.45, 7) is 5.74. The Balaban J connectivity index is 1.43. The lowest BCUT2D eigenvalue weighted by Crippen LogP contribution is -2.50. The zero-order valence-corrected chi connectivity index (χ0v) is 20.6. The van der Waals surface area contributed by atoms with Crippen LogP contribution in [0.4, 0.5) is 5.82 Å². The van der Waals surface area contributed by atoms with Gasteiger partial charge in [0.25, 0.3) is 0 Å². The summed E-state index contributed by atoms with van der Waals surface area (Å²) in [4.78, 5) is 37.9. The van der Waals surface area contributed by atoms with Crippen molar-refractivity contribution >= 4 is 33.6 Å². The molecular weight excluding hydrogens is 484 g/mol. The number of nitrogens with zero attached hydrogens (tertiary/aromatic N) is 4. The molecule has 4 rings (SSSR count). The minimum absolute atomic E-state index is 0.113. The summed E-state index contributed by atoms with van der Waals surface area (Å²) < 4.78 is 0.976. The van der Waals surface area contributed by atoms with Gasteiger partial charge in [-0.3, -0.25) is 9.59 Å². The van der Waals surface area contributed by atoms with Crippen molar-refractivity contribution in [2.75, 3.05) is 44.2 Å². The molecule has 0 bridgehead atoms. The monoisotopic (exact) mass is 514 g/mol. The molecule has 1 saturated heterocycles. The lowest BCUT2D eigenvalue weighted by Gasteiger charge is -2.38. The molecule has 176 valence electrons. The van der Waals surface area contributed by atoms with Gasteiger partial charge in [-0.1, -0.05) is 35.0 Å². The van der Waals surface area contributed by atoms with Gasteiger partial charge >= 0.3 is 0 Å². The number of benzene rings is 1. The van der Waals surface area contributed by atoms with Gasteiger partial charge in [0.1, 0.15) is 12.1 Å². The highest BCUT2D eigenvalue weighted by atomic mass is 79.9. The predicted molar refractivity (Wildman–Crippen MR) is 131 cm³/mol. The number of nitrogens with one attached hydrogen (secondary N) is 1. The van der Waals surface area contributed by atoms with Gasteiger partial charge in [0.05, 0.1) is 12.5 Å². The minimum Gasteiger partial charge on any atom is -0.369 e. The number of primary amides is 1. The molecule has 0 unspecified atom stereocenters. The van der Waals surface area contributed by atoms with E-state index >= 15 is 0 Å². The van der Waals surface area contributed by atoms with E-state index in [0.29, 0.717) is 32.0 Å². The van der Waals surface area contributed by atoms with Crippen LogP contribution >= 0.6 is 15.9 Å². The van der Waals surface area contributed by atoms with E-state index in [1.807, 2.05) is 29.2 Å². The second-order valence-corrected chi connectivity index (χ2v) is 9.76. The van der Waals surface area contributed by atoms with Crippen LogP contribution in [0.3, 0.4) is 0 Å². The van der Waals surface area contributed by atoms with Crippen LogP contribution in [0.5, 0.6) is 0 Å². The Kier molecular flexibility index (Phi) is 7.60. The topological polar surface area (TPSA) is 104 Å². The van der Waals surface area contributed by atoms with Crippen molar-refractivity contribution in [1.29, 1.82) is 0 Å². The highest BCUT2D eigenvalue weighted by Gasteiger charge is 2.31. The Labute approximate surface area is 203 Å². The van der Waals surface area contributed by atoms with Crippen molar-refractivity contribution in [3.05, 3.63) is 51.9 Å². The number of hydrogen-bond acceptors (Lipinski definition) is 6. The average molecular weight is 515 g/mol. The van der Waals surface area contributed by atoms with E-state index < -0.39 is 5.91 Å². The van der Waals surface area contributed by atoms with E-state index in [-0.39, 0.29) is 18.4 Å². The molecule has 3 N–H and O–H groups in total. The highest BCUT2D eigenvalue weighted by Crippen LogP contribution is 2.37. The highest BCUT2D eigenvalue weighted by molar-refractivity contribution is 9.10. The van der Waals surface area contributed by atoms with Crippen molar-refractivity contribution < 1.29 is 9.59 Å². The van der Waals surface area contributed by atoms with Crippen molar-refractivity contribution in [1.82, 2.24) is 20.2 Å². The molecule has 8 nitrogen and oxygen atoms in total. The van der Waals surface area contributed by atoms with Gasteiger partial charge in [-0.25, -0.2) is 9.97 Å². The van der Waals surface area contributed by atoms with Gasteiger partial charge in [0, 0.05) is 41.9 Å². The molecule has 1 aliphatic carbocycles. The van der Waals surface area contributed by atoms with Gasteiger partial charge in [0.15, 0.2) is 0 Å². The van der Waals surface area contributed by atoms with Crippen molar-refractivity contribution in [2.45, 2.75) is 38.0 Å². The maximum atomic E-state index is 13.5. The van der Waals surface area contributed by atoms with Crippen LogP contribution in [0.2, 0.25) is 0 Å². The molecule has 9 heteroatoms. The molecule has 0 spiro atoms. The lowest BCUT2D eigenvalue weighted by atomic mass is 9.93. The number of nitrogens with two attached hydrogens (primary N) is 1. The molecule has 0 radical (unpaired) electrons. The summed E-state index contributed by atoms with van der Waals surface area (Å²) in [6.07, 6.45) is 4.42. The van der Waals surface area contributed by atoms with E-state index in [9.17, 15) is 9.59 Å². The molecule has 2 aliphatic rings. The fourth-order valence-corrected chi connectivity index (χ4v) is 5.08. The van der Waals surface area contributed by atoms with E-state index in [2.05, 4.69) is 43.0 Å². The third-order valence-electron chi connectivity index (χ3n) is 6.62. The number of aromatic nitrogens is 2. The predicted octanol–water partition coefficient (Wildman–Crippen LogP) is 2.19. The van der Waals surface area contributed by atoms with Crippen LogP contribution in [-0.4, -0.2) is 66.0 Å². The van der Waals surface area contributed by atoms with Crippen LogP contribution < -0.4 is 16.0 Å². The maximum Gasteiger partial charge on any atom is 0.231 e. The van der Waals surface area contributed by atoms with Crippen LogP contribution in [-0.2, 0) is 16.0 Å². The van der Waals surface area contributed by atoms with E-state index in [1.54, 1.807) is 6.33 Å². The summed E-state index contributed by atoms with van der Waals surface area (Å²) in [5.74, 6) is 0.971. The van der Waals surface area contributed by atoms with Crippen molar-refractivity contribution in [3.63, 3.8) is 0 Å². The van der Waals surface area contributed by atoms with E-state index in [1.165, 1.54) is 11.3 Å². The number of anilines is 1. The smallest absolute Gasteiger partial charge is 0.231 e. The summed E-state index contributed by atoms with van der Waals surface area (Å²) >= 11 is 3.47. The zero-order valence-electron chi connectivity index (χ0n) is 19.0. The van der Waals surface area contributed by atoms with Gasteiger partial charge in [-0.05, 0) is 49.4 Å². The SMILES string of the molecule is C[C@@H]1CCc2ncnc(N3CCN(C(=O)[C@H](CCNCC(N)=O)c4ccc(Br)cc4)CC3)c21. The first-order chi connectivity index (χ1) is 15.9. The van der Waals surface area contributed by atoms with Gasteiger partial charge < -0.3 is 20.9 Å². The molecular formula is C24H31BrN6O2. The first-order valence-electron chi connectivity index (χ1n) is 11.6. The quantitative estimate of drug-likeness (QED) is 0.523. The largest absolute Gasteiger partial charge is 0.369 e. The van der Waals surface area contributed by atoms with Crippen LogP contribution in [0, 0.1) is 0 Å². The number of rotatable bonds is 8. The molecule has 33 heavy (non-hydrogen) atoms. The number of carbonyl (C=O) groups excluding carboxylic acids is 2. The molecule has 1 fully saturated rings. The van der Waals surface area contributed by atoms with Crippen molar-refractivity contribution in [2.24, 2.45) is 5.73 Å². The molecule has 2 atom stereocenters. The summed E-state index contributed by atoms with van der Waals surface area (Å²) in [5, 5.41) is 3.03. The van der Waals surface area contributed by atoms with Gasteiger partial charge in [0.2, 0.25) is 11.8 Å². The lowest BCUT2D eigenvalue weighted by molar-refractivity contribution is -0.133. The zero-order chi connectivity index (χ0) is 23.4. The minimum atomic E-state index is -0.400. The fourth-order valence-electron chi connectivity index (χ4n) is 4.82. The summed E-state index contributed by atoms with van der Waals surface area (Å²) in [6, 6.07) is 7.90. The number of amides is 2. The Morgan fingerprint density at radius 2 is 1.91 bits per heavy atom. The summed E-state index contributed by atoms with van der Waals surface area (Å²) in [5.41, 5.74) is 8.66. The van der Waals surface area contributed by atoms with Crippen molar-refractivity contribution in [3.8, 4) is 0 Å². The maximum absolute atomic E-state index is 13.5. The molecule has 2 amide bonds. The number of hydrogen-bond donors (Lipinski definition) is 2. The first-order valence-corrected chi connectivity index (χ1v) is 12.4. The molecule has 0 saturated carbocycles. The number of piperazine rings is 1. The Morgan fingerprint density at radius 3 is 2.61 bits per heavy atom. The molecule has 1 aromatic heterocycles. The number of fused-ring (bicyclic) bond motifs is 1.